The fourth-order valence-electron chi connectivity index (χ4n) is 2.94. The zero-order valence-electron chi connectivity index (χ0n) is 10.1. The molecule has 3 nitrogen and oxygen atoms in total. The molecular weight excluding hydrogens is 233 g/mol. The molecule has 2 aromatic rings. The fourth-order valence-corrected chi connectivity index (χ4v) is 2.94. The molecule has 1 unspecified atom stereocenters. The van der Waals surface area contributed by atoms with E-state index in [4.69, 9.17) is 5.11 Å². The minimum atomic E-state index is -0.739. The Hall–Kier alpha value is -1.84. The molecule has 0 spiro atoms. The number of aromatic nitrogens is 1. The number of carboxylic acid groups (broad SMARTS) is 1. The molecule has 1 heterocycles. The second kappa shape index (κ2) is 3.83. The number of hydrogen-bond donors (Lipinski definition) is 1. The average molecular weight is 247 g/mol. The van der Waals surface area contributed by atoms with Gasteiger partial charge in [0.15, 0.2) is 0 Å². The molecule has 1 aliphatic carbocycles. The highest BCUT2D eigenvalue weighted by molar-refractivity contribution is 5.86. The average Bonchev–Trinajstić information content (AvgIpc) is 2.62. The number of aliphatic carboxylic acids is 1. The maximum atomic E-state index is 13.3. The van der Waals surface area contributed by atoms with Crippen molar-refractivity contribution in [2.45, 2.75) is 19.3 Å². The van der Waals surface area contributed by atoms with Crippen molar-refractivity contribution in [2.24, 2.45) is 13.0 Å². The Balaban J connectivity index is 2.18. The van der Waals surface area contributed by atoms with Crippen molar-refractivity contribution in [1.82, 2.24) is 4.57 Å². The number of rotatable bonds is 1. The summed E-state index contributed by atoms with van der Waals surface area (Å²) in [5.74, 6) is -1.31. The Kier molecular flexibility index (Phi) is 2.40. The van der Waals surface area contributed by atoms with Gasteiger partial charge in [-0.25, -0.2) is 4.39 Å². The summed E-state index contributed by atoms with van der Waals surface area (Å²) < 4.78 is 15.2. The minimum absolute atomic E-state index is 0.254. The quantitative estimate of drug-likeness (QED) is 0.841. The van der Waals surface area contributed by atoms with E-state index in [1.807, 2.05) is 11.6 Å². The van der Waals surface area contributed by atoms with Gasteiger partial charge in [0.2, 0.25) is 0 Å². The van der Waals surface area contributed by atoms with Crippen LogP contribution in [0.15, 0.2) is 18.2 Å². The minimum Gasteiger partial charge on any atom is -0.481 e. The number of fused-ring (bicyclic) bond motifs is 3. The van der Waals surface area contributed by atoms with E-state index in [0.29, 0.717) is 12.8 Å². The van der Waals surface area contributed by atoms with Gasteiger partial charge in [0.1, 0.15) is 5.82 Å². The van der Waals surface area contributed by atoms with Gasteiger partial charge >= 0.3 is 5.97 Å². The third kappa shape index (κ3) is 1.52. The summed E-state index contributed by atoms with van der Waals surface area (Å²) >= 11 is 0. The summed E-state index contributed by atoms with van der Waals surface area (Å²) in [5.41, 5.74) is 3.07. The molecule has 0 bridgehead atoms. The molecule has 0 amide bonds. The van der Waals surface area contributed by atoms with Gasteiger partial charge in [-0.2, -0.15) is 0 Å². The monoisotopic (exact) mass is 247 g/mol. The lowest BCUT2D eigenvalue weighted by molar-refractivity contribution is -0.142. The number of carbonyl (C=O) groups is 1. The zero-order chi connectivity index (χ0) is 12.9. The van der Waals surface area contributed by atoms with E-state index in [1.54, 1.807) is 6.07 Å². The molecule has 1 N–H and O–H groups in total. The Morgan fingerprint density at radius 2 is 2.28 bits per heavy atom. The normalized spacial score (nSPS) is 18.9. The van der Waals surface area contributed by atoms with Gasteiger partial charge in [0.25, 0.3) is 0 Å². The van der Waals surface area contributed by atoms with Crippen LogP contribution in [0.2, 0.25) is 0 Å². The summed E-state index contributed by atoms with van der Waals surface area (Å²) in [7, 11) is 1.88. The molecule has 1 aromatic heterocycles. The molecule has 0 aliphatic heterocycles. The van der Waals surface area contributed by atoms with Gasteiger partial charge < -0.3 is 9.67 Å². The van der Waals surface area contributed by atoms with Crippen molar-refractivity contribution < 1.29 is 14.3 Å². The van der Waals surface area contributed by atoms with Gasteiger partial charge in [-0.15, -0.1) is 0 Å². The van der Waals surface area contributed by atoms with E-state index in [1.165, 1.54) is 17.7 Å². The number of aryl methyl sites for hydroxylation is 2. The highest BCUT2D eigenvalue weighted by Crippen LogP contribution is 2.33. The molecule has 18 heavy (non-hydrogen) atoms. The topological polar surface area (TPSA) is 42.2 Å². The molecule has 1 aliphatic rings. The number of halogens is 1. The van der Waals surface area contributed by atoms with E-state index in [-0.39, 0.29) is 11.7 Å². The molecular formula is C14H14FNO2. The third-order valence-electron chi connectivity index (χ3n) is 3.93. The maximum Gasteiger partial charge on any atom is 0.306 e. The summed E-state index contributed by atoms with van der Waals surface area (Å²) in [6, 6.07) is 4.78. The lowest BCUT2D eigenvalue weighted by atomic mass is 9.87. The molecule has 4 heteroatoms. The van der Waals surface area contributed by atoms with Crippen molar-refractivity contribution in [3.8, 4) is 0 Å². The van der Waals surface area contributed by atoms with Gasteiger partial charge in [-0.3, -0.25) is 4.79 Å². The van der Waals surface area contributed by atoms with Crippen LogP contribution in [0.1, 0.15) is 17.7 Å². The Morgan fingerprint density at radius 3 is 3.00 bits per heavy atom. The first kappa shape index (κ1) is 11.3. The largest absolute Gasteiger partial charge is 0.481 e. The molecule has 1 atom stereocenters. The highest BCUT2D eigenvalue weighted by atomic mass is 19.1. The molecule has 0 saturated heterocycles. The van der Waals surface area contributed by atoms with Crippen LogP contribution in [0.25, 0.3) is 10.9 Å². The maximum absolute atomic E-state index is 13.3. The summed E-state index contributed by atoms with van der Waals surface area (Å²) in [6.45, 7) is 0. The molecule has 0 saturated carbocycles. The lowest BCUT2D eigenvalue weighted by Gasteiger charge is -2.20. The van der Waals surface area contributed by atoms with Crippen LogP contribution in [0, 0.1) is 11.7 Å². The van der Waals surface area contributed by atoms with E-state index in [2.05, 4.69) is 0 Å². The van der Waals surface area contributed by atoms with Crippen LogP contribution in [0.4, 0.5) is 4.39 Å². The number of carboxylic acids is 1. The second-order valence-corrected chi connectivity index (χ2v) is 4.92. The molecule has 1 aromatic carbocycles. The molecule has 0 fully saturated rings. The first-order valence-electron chi connectivity index (χ1n) is 6.06. The van der Waals surface area contributed by atoms with Crippen LogP contribution in [0.5, 0.6) is 0 Å². The number of nitrogens with zero attached hydrogens (tertiary/aromatic N) is 1. The first-order valence-corrected chi connectivity index (χ1v) is 6.06. The van der Waals surface area contributed by atoms with Gasteiger partial charge in [-0.1, -0.05) is 0 Å². The first-order chi connectivity index (χ1) is 8.58. The molecule has 94 valence electrons. The summed E-state index contributed by atoms with van der Waals surface area (Å²) in [5, 5.41) is 10.2. The number of hydrogen-bond acceptors (Lipinski definition) is 1. The van der Waals surface area contributed by atoms with Gasteiger partial charge in [0.05, 0.1) is 11.4 Å². The predicted octanol–water partition coefficient (Wildman–Crippen LogP) is 2.51. The third-order valence-corrected chi connectivity index (χ3v) is 3.93. The van der Waals surface area contributed by atoms with Crippen LogP contribution in [0.3, 0.4) is 0 Å². The zero-order valence-corrected chi connectivity index (χ0v) is 10.1. The Morgan fingerprint density at radius 1 is 1.50 bits per heavy atom. The van der Waals surface area contributed by atoms with Crippen molar-refractivity contribution in [3.05, 3.63) is 35.3 Å². The van der Waals surface area contributed by atoms with Crippen LogP contribution in [-0.2, 0) is 24.7 Å². The fraction of sp³-hybridized carbons (Fsp3) is 0.357. The predicted molar refractivity (Wildman–Crippen MR) is 66.0 cm³/mol. The van der Waals surface area contributed by atoms with Crippen molar-refractivity contribution in [2.75, 3.05) is 0 Å². The highest BCUT2D eigenvalue weighted by Gasteiger charge is 2.28. The van der Waals surface area contributed by atoms with Crippen molar-refractivity contribution in [3.63, 3.8) is 0 Å². The van der Waals surface area contributed by atoms with E-state index < -0.39 is 5.97 Å². The SMILES string of the molecule is Cn1c2c(c3ccc(F)cc31)CCC(C(=O)O)C2. The van der Waals surface area contributed by atoms with Crippen LogP contribution >= 0.6 is 0 Å². The van der Waals surface area contributed by atoms with Crippen molar-refractivity contribution in [1.29, 1.82) is 0 Å². The van der Waals surface area contributed by atoms with Crippen LogP contribution < -0.4 is 0 Å². The Labute approximate surface area is 104 Å². The van der Waals surface area contributed by atoms with Gasteiger partial charge in [0, 0.05) is 24.5 Å². The van der Waals surface area contributed by atoms with Crippen molar-refractivity contribution >= 4 is 16.9 Å². The molecule has 3 rings (SSSR count). The summed E-state index contributed by atoms with van der Waals surface area (Å²) in [6.07, 6.45) is 1.96. The summed E-state index contributed by atoms with van der Waals surface area (Å²) in [4.78, 5) is 11.1. The molecule has 0 radical (unpaired) electrons. The van der Waals surface area contributed by atoms with E-state index in [9.17, 15) is 9.18 Å². The van der Waals surface area contributed by atoms with Crippen LogP contribution in [-0.4, -0.2) is 15.6 Å². The Bertz CT molecular complexity index is 645. The number of benzene rings is 1. The standard InChI is InChI=1S/C14H14FNO2/c1-16-12-6-8(14(17)18)2-4-10(12)11-5-3-9(15)7-13(11)16/h3,5,7-8H,2,4,6H2,1H3,(H,17,18). The van der Waals surface area contributed by atoms with E-state index >= 15 is 0 Å². The lowest BCUT2D eigenvalue weighted by Crippen LogP contribution is -2.23. The van der Waals surface area contributed by atoms with Gasteiger partial charge in [-0.05, 0) is 36.6 Å². The van der Waals surface area contributed by atoms with E-state index in [0.717, 1.165) is 23.0 Å². The smallest absolute Gasteiger partial charge is 0.306 e. The second-order valence-electron chi connectivity index (χ2n) is 4.92.